The maximum absolute atomic E-state index is 12.0. The average Bonchev–Trinajstić information content (AvgIpc) is 3.25. The Balaban J connectivity index is 1.44. The van der Waals surface area contributed by atoms with Gasteiger partial charge in [0.05, 0.1) is 24.6 Å². The van der Waals surface area contributed by atoms with Crippen LogP contribution >= 0.6 is 0 Å². The Morgan fingerprint density at radius 3 is 2.66 bits per heavy atom. The Morgan fingerprint density at radius 2 is 1.94 bits per heavy atom. The van der Waals surface area contributed by atoms with E-state index in [0.717, 1.165) is 0 Å². The Hall–Kier alpha value is -3.43. The van der Waals surface area contributed by atoms with Gasteiger partial charge in [0.1, 0.15) is 17.2 Å². The van der Waals surface area contributed by atoms with Gasteiger partial charge < -0.3 is 29.5 Å². The maximum Gasteiger partial charge on any atom is 0.337 e. The van der Waals surface area contributed by atoms with Crippen LogP contribution in [-0.2, 0) is 14.3 Å². The molecule has 1 aliphatic heterocycles. The second-order valence-corrected chi connectivity index (χ2v) is 7.71. The Labute approximate surface area is 184 Å². The van der Waals surface area contributed by atoms with Crippen molar-refractivity contribution in [3.63, 3.8) is 0 Å². The normalized spacial score (nSPS) is 25.5. The van der Waals surface area contributed by atoms with Crippen LogP contribution < -0.4 is 4.74 Å². The predicted octanol–water partition coefficient (Wildman–Crippen LogP) is 3.55. The highest BCUT2D eigenvalue weighted by Crippen LogP contribution is 2.47. The lowest BCUT2D eigenvalue weighted by Gasteiger charge is -2.34. The van der Waals surface area contributed by atoms with Gasteiger partial charge in [0.15, 0.2) is 6.29 Å². The van der Waals surface area contributed by atoms with Crippen molar-refractivity contribution in [3.8, 4) is 11.5 Å². The van der Waals surface area contributed by atoms with Gasteiger partial charge in [0.25, 0.3) is 0 Å². The Morgan fingerprint density at radius 1 is 1.16 bits per heavy atom. The quantitative estimate of drug-likeness (QED) is 0.356. The molecule has 1 aliphatic carbocycles. The molecule has 1 heterocycles. The minimum Gasteiger partial charge on any atom is -0.505 e. The van der Waals surface area contributed by atoms with Crippen LogP contribution in [-0.4, -0.2) is 41.0 Å². The molecule has 0 radical (unpaired) electrons. The zero-order valence-electron chi connectivity index (χ0n) is 17.4. The van der Waals surface area contributed by atoms with Gasteiger partial charge in [-0.25, -0.2) is 4.79 Å². The van der Waals surface area contributed by atoms with Gasteiger partial charge in [-0.1, -0.05) is 18.2 Å². The van der Waals surface area contributed by atoms with Gasteiger partial charge in [0.2, 0.25) is 6.29 Å². The number of hydrogen-bond donors (Lipinski definition) is 3. The summed E-state index contributed by atoms with van der Waals surface area (Å²) in [5.41, 5.74) is 1.23. The number of phenols is 1. The minimum atomic E-state index is -1.28. The van der Waals surface area contributed by atoms with Crippen molar-refractivity contribution in [2.45, 2.75) is 25.4 Å². The number of methoxy groups -OCH3 is 1. The molecule has 0 amide bonds. The highest BCUT2D eigenvalue weighted by Gasteiger charge is 2.50. The number of benzene rings is 2. The molecule has 2 aromatic carbocycles. The molecule has 0 saturated heterocycles. The molecule has 0 aromatic heterocycles. The first-order valence-electron chi connectivity index (χ1n) is 10.2. The number of esters is 1. The molecule has 168 valence electrons. The first kappa shape index (κ1) is 21.8. The molecule has 5 unspecified atom stereocenters. The van der Waals surface area contributed by atoms with E-state index in [-0.39, 0.29) is 23.1 Å². The number of hydrogen-bond acceptors (Lipinski definition) is 9. The smallest absolute Gasteiger partial charge is 0.337 e. The lowest BCUT2D eigenvalue weighted by atomic mass is 9.82. The van der Waals surface area contributed by atoms with Gasteiger partial charge in [-0.3, -0.25) is 0 Å². The van der Waals surface area contributed by atoms with Crippen LogP contribution in [0.3, 0.4) is 0 Å². The molecule has 4 rings (SSSR count). The van der Waals surface area contributed by atoms with Crippen molar-refractivity contribution < 1.29 is 34.3 Å². The maximum atomic E-state index is 12.0. The van der Waals surface area contributed by atoms with Crippen LogP contribution in [0.25, 0.3) is 0 Å². The number of ether oxygens (including phenoxy) is 3. The summed E-state index contributed by atoms with van der Waals surface area (Å²) < 4.78 is 15.6. The zero-order chi connectivity index (χ0) is 22.7. The largest absolute Gasteiger partial charge is 0.505 e. The van der Waals surface area contributed by atoms with Crippen LogP contribution in [0, 0.1) is 17.8 Å². The number of phenolic OH excluding ortho intramolecular Hbond substituents is 1. The van der Waals surface area contributed by atoms with Gasteiger partial charge >= 0.3 is 5.97 Å². The summed E-state index contributed by atoms with van der Waals surface area (Å²) in [4.78, 5) is 12.0. The van der Waals surface area contributed by atoms with E-state index in [1.165, 1.54) is 25.5 Å². The number of fused-ring (bicyclic) bond motifs is 1. The molecule has 2 aromatic rings. The molecule has 0 spiro atoms. The lowest BCUT2D eigenvalue weighted by Crippen LogP contribution is -2.41. The number of aromatic hydroxyl groups is 1. The van der Waals surface area contributed by atoms with Gasteiger partial charge in [-0.2, -0.15) is 5.11 Å². The molecule has 2 aliphatic rings. The summed E-state index contributed by atoms with van der Waals surface area (Å²) in [6.45, 7) is 0. The monoisotopic (exact) mass is 440 g/mol. The van der Waals surface area contributed by atoms with Crippen molar-refractivity contribution >= 4 is 17.3 Å². The van der Waals surface area contributed by atoms with E-state index >= 15 is 0 Å². The van der Waals surface area contributed by atoms with Crippen LogP contribution in [0.5, 0.6) is 11.5 Å². The molecule has 3 N–H and O–H groups in total. The highest BCUT2D eigenvalue weighted by atomic mass is 16.6. The summed E-state index contributed by atoms with van der Waals surface area (Å²) in [6.07, 6.45) is -0.139. The third kappa shape index (κ3) is 4.44. The molecule has 5 atom stereocenters. The number of aliphatic hydroxyl groups is 2. The number of azo groups is 1. The zero-order valence-corrected chi connectivity index (χ0v) is 17.4. The first-order chi connectivity index (χ1) is 15.5. The van der Waals surface area contributed by atoms with Crippen molar-refractivity contribution in [1.82, 2.24) is 0 Å². The fraction of sp³-hybridized carbons (Fsp3) is 0.348. The van der Waals surface area contributed by atoms with E-state index < -0.39 is 30.4 Å². The summed E-state index contributed by atoms with van der Waals surface area (Å²) >= 11 is 0. The van der Waals surface area contributed by atoms with Crippen molar-refractivity contribution in [2.24, 2.45) is 28.0 Å². The summed E-state index contributed by atoms with van der Waals surface area (Å²) in [6, 6.07) is 13.5. The van der Waals surface area contributed by atoms with E-state index in [4.69, 9.17) is 14.2 Å². The number of carbonyl (C=O) groups excluding carboxylic acids is 1. The van der Waals surface area contributed by atoms with E-state index in [0.29, 0.717) is 24.1 Å². The molecule has 1 fully saturated rings. The van der Waals surface area contributed by atoms with Gasteiger partial charge in [0, 0.05) is 23.8 Å². The van der Waals surface area contributed by atoms with E-state index in [1.807, 2.05) is 18.2 Å². The lowest BCUT2D eigenvalue weighted by molar-refractivity contribution is -0.164. The minimum absolute atomic E-state index is 0.157. The van der Waals surface area contributed by atoms with E-state index in [1.54, 1.807) is 18.2 Å². The SMILES string of the molecule is COC(=O)C1=COC(O)C2C1CCC2C(O)Oc1ccc(N=Nc2ccccc2)c(O)c1. The van der Waals surface area contributed by atoms with Crippen LogP contribution in [0.2, 0.25) is 0 Å². The van der Waals surface area contributed by atoms with Crippen LogP contribution in [0.15, 0.2) is 70.6 Å². The van der Waals surface area contributed by atoms with Crippen molar-refractivity contribution in [3.05, 3.63) is 60.4 Å². The summed E-state index contributed by atoms with van der Waals surface area (Å²) in [5.74, 6) is -1.76. The fourth-order valence-corrected chi connectivity index (χ4v) is 4.29. The van der Waals surface area contributed by atoms with Gasteiger partial charge in [-0.05, 0) is 37.1 Å². The topological polar surface area (TPSA) is 130 Å². The molecule has 9 nitrogen and oxygen atoms in total. The second kappa shape index (κ2) is 9.37. The molecular formula is C23H24N2O7. The summed E-state index contributed by atoms with van der Waals surface area (Å²) in [5, 5.41) is 39.4. The standard InChI is InChI=1S/C23H24N2O7/c1-30-21(27)17-12-31-23(29)20-15(17)8-9-16(20)22(28)32-14-7-10-18(19(26)11-14)25-24-13-5-3-2-4-6-13/h2-7,10-12,15-16,20,22-23,26,28-29H,8-9H2,1H3. The third-order valence-electron chi connectivity index (χ3n) is 5.85. The highest BCUT2D eigenvalue weighted by molar-refractivity contribution is 5.89. The third-order valence-corrected chi connectivity index (χ3v) is 5.85. The van der Waals surface area contributed by atoms with Crippen molar-refractivity contribution in [2.75, 3.05) is 7.11 Å². The average molecular weight is 440 g/mol. The predicted molar refractivity (Wildman–Crippen MR) is 112 cm³/mol. The summed E-state index contributed by atoms with van der Waals surface area (Å²) in [7, 11) is 1.28. The van der Waals surface area contributed by atoms with Crippen molar-refractivity contribution in [1.29, 1.82) is 0 Å². The van der Waals surface area contributed by atoms with E-state index in [9.17, 15) is 20.1 Å². The molecular weight excluding hydrogens is 416 g/mol. The Kier molecular flexibility index (Phi) is 6.38. The van der Waals surface area contributed by atoms with Crippen LogP contribution in [0.1, 0.15) is 12.8 Å². The fourth-order valence-electron chi connectivity index (χ4n) is 4.29. The molecule has 1 saturated carbocycles. The number of rotatable bonds is 6. The molecule has 0 bridgehead atoms. The van der Waals surface area contributed by atoms with E-state index in [2.05, 4.69) is 10.2 Å². The first-order valence-corrected chi connectivity index (χ1v) is 10.2. The second-order valence-electron chi connectivity index (χ2n) is 7.71. The molecule has 9 heteroatoms. The van der Waals surface area contributed by atoms with Gasteiger partial charge in [-0.15, -0.1) is 5.11 Å². The number of carbonyl (C=O) groups is 1. The Bertz CT molecular complexity index is 1020. The molecule has 32 heavy (non-hydrogen) atoms. The van der Waals surface area contributed by atoms with Crippen LogP contribution in [0.4, 0.5) is 11.4 Å². The number of nitrogens with zero attached hydrogens (tertiary/aromatic N) is 2. The number of aliphatic hydroxyl groups excluding tert-OH is 2.